The van der Waals surface area contributed by atoms with E-state index < -0.39 is 53.2 Å². The first-order valence-corrected chi connectivity index (χ1v) is 10.6. The van der Waals surface area contributed by atoms with Gasteiger partial charge in [-0.1, -0.05) is 0 Å². The van der Waals surface area contributed by atoms with Gasteiger partial charge in [-0.3, -0.25) is 4.79 Å². The summed E-state index contributed by atoms with van der Waals surface area (Å²) in [6, 6.07) is 4.17. The van der Waals surface area contributed by atoms with Gasteiger partial charge in [0.1, 0.15) is 29.2 Å². The van der Waals surface area contributed by atoms with Crippen LogP contribution in [-0.2, 0) is 17.1 Å². The zero-order valence-corrected chi connectivity index (χ0v) is 18.0. The van der Waals surface area contributed by atoms with Crippen molar-refractivity contribution in [3.05, 3.63) is 53.5 Å². The molecular formula is C22H20F7N5O. The highest BCUT2D eigenvalue weighted by Gasteiger charge is 2.50. The molecule has 1 aliphatic heterocycles. The molecule has 13 heteroatoms. The maximum atomic E-state index is 13.3. The fraction of sp³-hybridized carbons (Fsp3) is 0.409. The second kappa shape index (κ2) is 9.00. The van der Waals surface area contributed by atoms with E-state index in [-0.39, 0.29) is 24.4 Å². The van der Waals surface area contributed by atoms with Gasteiger partial charge in [-0.25, -0.2) is 14.4 Å². The van der Waals surface area contributed by atoms with Crippen LogP contribution in [0.5, 0.6) is 0 Å². The van der Waals surface area contributed by atoms with Crippen LogP contribution in [-0.4, -0.2) is 35.4 Å². The van der Waals surface area contributed by atoms with Crippen LogP contribution in [0.25, 0.3) is 0 Å². The Hall–Kier alpha value is -3.38. The Bertz CT molecular complexity index is 1100. The summed E-state index contributed by atoms with van der Waals surface area (Å²) in [7, 11) is 0. The number of alkyl halides is 6. The molecule has 1 aromatic carbocycles. The Balaban J connectivity index is 1.58. The van der Waals surface area contributed by atoms with E-state index in [1.165, 1.54) is 29.2 Å². The lowest BCUT2D eigenvalue weighted by atomic mass is 9.97. The van der Waals surface area contributed by atoms with E-state index in [0.717, 1.165) is 0 Å². The molecule has 2 heterocycles. The van der Waals surface area contributed by atoms with Crippen LogP contribution in [0.2, 0.25) is 0 Å². The van der Waals surface area contributed by atoms with E-state index >= 15 is 0 Å². The maximum Gasteiger partial charge on any atom is 0.433 e. The molecule has 2 bridgehead atoms. The maximum absolute atomic E-state index is 13.3. The van der Waals surface area contributed by atoms with Crippen molar-refractivity contribution >= 4 is 23.2 Å². The molecule has 2 aromatic rings. The van der Waals surface area contributed by atoms with Crippen LogP contribution in [0.1, 0.15) is 30.5 Å². The molecule has 6 nitrogen and oxygen atoms in total. The lowest BCUT2D eigenvalue weighted by molar-refractivity contribution is -0.145. The predicted octanol–water partition coefficient (Wildman–Crippen LogP) is 4.42. The van der Waals surface area contributed by atoms with Crippen LogP contribution < -0.4 is 16.0 Å². The minimum absolute atomic E-state index is 0.0174. The number of fused-ring (bicyclic) bond motifs is 2. The van der Waals surface area contributed by atoms with Gasteiger partial charge in [0, 0.05) is 6.04 Å². The highest BCUT2D eigenvalue weighted by atomic mass is 19.4. The van der Waals surface area contributed by atoms with E-state index in [1.54, 1.807) is 0 Å². The number of amides is 1. The summed E-state index contributed by atoms with van der Waals surface area (Å²) < 4.78 is 92.9. The van der Waals surface area contributed by atoms with Gasteiger partial charge >= 0.3 is 12.4 Å². The van der Waals surface area contributed by atoms with Gasteiger partial charge < -0.3 is 16.0 Å². The molecule has 0 spiro atoms. The lowest BCUT2D eigenvalue weighted by Crippen LogP contribution is -2.52. The lowest BCUT2D eigenvalue weighted by Gasteiger charge is -2.35. The molecule has 4 rings (SSSR count). The fourth-order valence-corrected chi connectivity index (χ4v) is 4.62. The normalized spacial score (nSPS) is 22.5. The van der Waals surface area contributed by atoms with Crippen molar-refractivity contribution < 1.29 is 35.5 Å². The Morgan fingerprint density at radius 2 is 1.77 bits per heavy atom. The molecule has 3 atom stereocenters. The first kappa shape index (κ1) is 24.7. The number of aromatic nitrogens is 1. The number of amidine groups is 1. The topological polar surface area (TPSA) is 83.6 Å². The highest BCUT2D eigenvalue weighted by molar-refractivity contribution is 5.92. The molecule has 0 radical (unpaired) electrons. The van der Waals surface area contributed by atoms with Crippen molar-refractivity contribution in [1.29, 1.82) is 0 Å². The number of anilines is 1. The van der Waals surface area contributed by atoms with Crippen LogP contribution in [0.3, 0.4) is 0 Å². The van der Waals surface area contributed by atoms with E-state index in [2.05, 4.69) is 15.3 Å². The predicted molar refractivity (Wildman–Crippen MR) is 112 cm³/mol. The number of nitrogens with two attached hydrogens (primary N) is 1. The number of benzene rings is 1. The van der Waals surface area contributed by atoms with Gasteiger partial charge in [0.15, 0.2) is 0 Å². The number of carbonyl (C=O) groups excluding carboxylic acids is 1. The average Bonchev–Trinajstić information content (AvgIpc) is 3.39. The molecule has 1 amide bonds. The fourth-order valence-electron chi connectivity index (χ4n) is 4.62. The quantitative estimate of drug-likeness (QED) is 0.360. The van der Waals surface area contributed by atoms with E-state index in [4.69, 9.17) is 5.73 Å². The summed E-state index contributed by atoms with van der Waals surface area (Å²) >= 11 is 0. The summed E-state index contributed by atoms with van der Waals surface area (Å²) in [4.78, 5) is 21.7. The third-order valence-corrected chi connectivity index (χ3v) is 6.09. The molecule has 0 unspecified atom stereocenters. The van der Waals surface area contributed by atoms with Crippen LogP contribution in [0.15, 0.2) is 41.4 Å². The van der Waals surface area contributed by atoms with Crippen LogP contribution in [0, 0.1) is 11.7 Å². The minimum atomic E-state index is -5.10. The molecule has 2 fully saturated rings. The van der Waals surface area contributed by atoms with Crippen molar-refractivity contribution in [2.45, 2.75) is 43.7 Å². The molecule has 188 valence electrons. The third-order valence-electron chi connectivity index (χ3n) is 6.09. The number of nitrogens with zero attached hydrogens (tertiary/aromatic N) is 3. The van der Waals surface area contributed by atoms with Crippen molar-refractivity contribution in [2.75, 3.05) is 11.4 Å². The number of hydrogen-bond donors (Lipinski definition) is 2. The zero-order valence-electron chi connectivity index (χ0n) is 18.0. The molecule has 1 saturated heterocycles. The third kappa shape index (κ3) is 5.33. The Kier molecular flexibility index (Phi) is 6.36. The van der Waals surface area contributed by atoms with Gasteiger partial charge in [0.05, 0.1) is 17.8 Å². The number of pyridine rings is 1. The first-order valence-electron chi connectivity index (χ1n) is 10.6. The zero-order chi connectivity index (χ0) is 25.5. The van der Waals surface area contributed by atoms with Gasteiger partial charge in [-0.2, -0.15) is 26.3 Å². The summed E-state index contributed by atoms with van der Waals surface area (Å²) in [5.74, 6) is -1.91. The second-order valence-corrected chi connectivity index (χ2v) is 8.47. The average molecular weight is 503 g/mol. The summed E-state index contributed by atoms with van der Waals surface area (Å²) in [6.07, 6.45) is -8.57. The molecule has 1 saturated carbocycles. The number of aliphatic imine (C=N–C) groups is 1. The molecular weight excluding hydrogens is 483 g/mol. The summed E-state index contributed by atoms with van der Waals surface area (Å²) in [5.41, 5.74) is 2.98. The van der Waals surface area contributed by atoms with E-state index in [1.807, 2.05) is 0 Å². The number of halogens is 7. The number of nitrogens with one attached hydrogen (secondary N) is 1. The SMILES string of the molecule is NC(CNC(=O)[C@@H]1[C@H]2CC[C@H](C2)N1c1cc(C(F)(F)F)cc(C(F)(F)F)n1)=Nc1ccc(F)cc1. The molecule has 2 aliphatic rings. The summed E-state index contributed by atoms with van der Waals surface area (Å²) in [6.45, 7) is -0.220. The van der Waals surface area contributed by atoms with Crippen molar-refractivity contribution in [2.24, 2.45) is 16.6 Å². The highest BCUT2D eigenvalue weighted by Crippen LogP contribution is 2.46. The molecule has 1 aromatic heterocycles. The van der Waals surface area contributed by atoms with Gasteiger partial charge in [0.2, 0.25) is 5.91 Å². The molecule has 1 aliphatic carbocycles. The van der Waals surface area contributed by atoms with Crippen LogP contribution in [0.4, 0.5) is 42.2 Å². The molecule has 35 heavy (non-hydrogen) atoms. The molecule has 3 N–H and O–H groups in total. The van der Waals surface area contributed by atoms with Crippen molar-refractivity contribution in [3.63, 3.8) is 0 Å². The van der Waals surface area contributed by atoms with Crippen molar-refractivity contribution in [1.82, 2.24) is 10.3 Å². The minimum Gasteiger partial charge on any atom is -0.386 e. The van der Waals surface area contributed by atoms with Gasteiger partial charge in [-0.15, -0.1) is 0 Å². The number of hydrogen-bond acceptors (Lipinski definition) is 4. The van der Waals surface area contributed by atoms with Gasteiger partial charge in [-0.05, 0) is 61.6 Å². The standard InChI is InChI=1S/C22H20F7N5O/c23-13-2-4-14(5-3-13)32-17(30)10-31-20(35)19-11-1-6-15(7-11)34(19)18-9-12(21(24,25)26)8-16(33-18)22(27,28)29/h2-5,8-9,11,15,19H,1,6-7,10H2,(H2,30,32)(H,31,35)/t11-,15+,19-/m0/s1. The number of rotatable bonds is 5. The number of carbonyl (C=O) groups is 1. The van der Waals surface area contributed by atoms with E-state index in [0.29, 0.717) is 31.0 Å². The number of piperidine rings is 1. The Morgan fingerprint density at radius 1 is 1.09 bits per heavy atom. The monoisotopic (exact) mass is 503 g/mol. The second-order valence-electron chi connectivity index (χ2n) is 8.47. The summed E-state index contributed by atoms with van der Waals surface area (Å²) in [5, 5.41) is 2.55. The smallest absolute Gasteiger partial charge is 0.386 e. The van der Waals surface area contributed by atoms with E-state index in [9.17, 15) is 35.5 Å². The Labute approximate surface area is 195 Å². The van der Waals surface area contributed by atoms with Crippen LogP contribution >= 0.6 is 0 Å². The Morgan fingerprint density at radius 3 is 2.40 bits per heavy atom. The van der Waals surface area contributed by atoms with Crippen molar-refractivity contribution in [3.8, 4) is 0 Å². The largest absolute Gasteiger partial charge is 0.433 e. The first-order chi connectivity index (χ1) is 16.3. The van der Waals surface area contributed by atoms with Gasteiger partial charge in [0.25, 0.3) is 0 Å².